The zero-order valence-corrected chi connectivity index (χ0v) is 27.6. The van der Waals surface area contributed by atoms with Crippen molar-refractivity contribution < 1.29 is 0 Å². The van der Waals surface area contributed by atoms with Crippen molar-refractivity contribution in [1.29, 1.82) is 0 Å². The third kappa shape index (κ3) is 5.05. The number of aromatic nitrogens is 2. The van der Waals surface area contributed by atoms with E-state index in [0.717, 1.165) is 39.2 Å². The van der Waals surface area contributed by atoms with Gasteiger partial charge in [0.2, 0.25) is 0 Å². The molecule has 0 amide bonds. The molecular formula is C47H34N2. The molecule has 9 rings (SSSR count). The molecule has 1 aliphatic carbocycles. The molecule has 0 saturated carbocycles. The van der Waals surface area contributed by atoms with Crippen LogP contribution in [0.3, 0.4) is 0 Å². The Balaban J connectivity index is 1.10. The Kier molecular flexibility index (Phi) is 6.84. The molecule has 0 N–H and O–H groups in total. The van der Waals surface area contributed by atoms with E-state index >= 15 is 0 Å². The number of benzene rings is 7. The molecule has 0 saturated heterocycles. The van der Waals surface area contributed by atoms with E-state index in [0.29, 0.717) is 5.82 Å². The lowest BCUT2D eigenvalue weighted by atomic mass is 9.81. The maximum Gasteiger partial charge on any atom is 0.160 e. The molecule has 1 heterocycles. The maximum absolute atomic E-state index is 5.06. The van der Waals surface area contributed by atoms with Crippen LogP contribution in [0.25, 0.3) is 78.1 Å². The second-order valence-electron chi connectivity index (χ2n) is 13.5. The topological polar surface area (TPSA) is 25.8 Å². The summed E-state index contributed by atoms with van der Waals surface area (Å²) in [7, 11) is 0. The first kappa shape index (κ1) is 29.1. The Hall–Kier alpha value is -6.12. The van der Waals surface area contributed by atoms with Crippen molar-refractivity contribution in [2.75, 3.05) is 0 Å². The first-order valence-electron chi connectivity index (χ1n) is 16.9. The van der Waals surface area contributed by atoms with E-state index in [1.807, 2.05) is 12.1 Å². The van der Waals surface area contributed by atoms with E-state index in [2.05, 4.69) is 172 Å². The molecule has 8 aromatic rings. The maximum atomic E-state index is 5.06. The number of rotatable bonds is 5. The lowest BCUT2D eigenvalue weighted by molar-refractivity contribution is 0.661. The average molecular weight is 627 g/mol. The highest BCUT2D eigenvalue weighted by atomic mass is 14.9. The molecule has 0 atom stereocenters. The zero-order chi connectivity index (χ0) is 33.0. The Morgan fingerprint density at radius 2 is 0.918 bits per heavy atom. The summed E-state index contributed by atoms with van der Waals surface area (Å²) in [5.41, 5.74) is 15.2. The summed E-state index contributed by atoms with van der Waals surface area (Å²) < 4.78 is 0. The fourth-order valence-electron chi connectivity index (χ4n) is 7.48. The van der Waals surface area contributed by atoms with E-state index in [-0.39, 0.29) is 5.41 Å². The van der Waals surface area contributed by atoms with Gasteiger partial charge < -0.3 is 0 Å². The van der Waals surface area contributed by atoms with E-state index in [1.54, 1.807) is 0 Å². The highest BCUT2D eigenvalue weighted by Gasteiger charge is 2.37. The molecule has 0 unspecified atom stereocenters. The van der Waals surface area contributed by atoms with Gasteiger partial charge in [-0.3, -0.25) is 0 Å². The largest absolute Gasteiger partial charge is 0.228 e. The summed E-state index contributed by atoms with van der Waals surface area (Å²) in [5.74, 6) is 0.715. The third-order valence-corrected chi connectivity index (χ3v) is 10.1. The Bertz CT molecular complexity index is 2440. The Morgan fingerprint density at radius 3 is 1.59 bits per heavy atom. The van der Waals surface area contributed by atoms with Gasteiger partial charge in [-0.25, -0.2) is 9.97 Å². The van der Waals surface area contributed by atoms with Crippen LogP contribution in [0.1, 0.15) is 25.0 Å². The van der Waals surface area contributed by atoms with Crippen molar-refractivity contribution >= 4 is 10.8 Å². The van der Waals surface area contributed by atoms with Crippen LogP contribution in [0.4, 0.5) is 0 Å². The number of nitrogens with zero attached hydrogens (tertiary/aromatic N) is 2. The summed E-state index contributed by atoms with van der Waals surface area (Å²) in [6, 6.07) is 60.6. The molecule has 49 heavy (non-hydrogen) atoms. The molecule has 0 fully saturated rings. The molecule has 2 heteroatoms. The molecule has 232 valence electrons. The van der Waals surface area contributed by atoms with E-state index in [1.165, 1.54) is 44.2 Å². The highest BCUT2D eigenvalue weighted by Crippen LogP contribution is 2.53. The van der Waals surface area contributed by atoms with Gasteiger partial charge in [0.15, 0.2) is 5.82 Å². The quantitative estimate of drug-likeness (QED) is 0.190. The number of fused-ring (bicyclic) bond motifs is 4. The Labute approximate surface area is 287 Å². The van der Waals surface area contributed by atoms with E-state index < -0.39 is 0 Å². The predicted octanol–water partition coefficient (Wildman–Crippen LogP) is 12.3. The van der Waals surface area contributed by atoms with Gasteiger partial charge >= 0.3 is 0 Å². The van der Waals surface area contributed by atoms with Gasteiger partial charge in [0.25, 0.3) is 0 Å². The monoisotopic (exact) mass is 626 g/mol. The summed E-state index contributed by atoms with van der Waals surface area (Å²) in [5, 5.41) is 2.58. The Morgan fingerprint density at radius 1 is 0.367 bits per heavy atom. The lowest BCUT2D eigenvalue weighted by Gasteiger charge is -2.22. The second kappa shape index (κ2) is 11.5. The van der Waals surface area contributed by atoms with Gasteiger partial charge in [0.1, 0.15) is 0 Å². The summed E-state index contributed by atoms with van der Waals surface area (Å²) in [6.45, 7) is 4.71. The molecule has 0 spiro atoms. The van der Waals surface area contributed by atoms with E-state index in [9.17, 15) is 0 Å². The molecule has 1 aliphatic rings. The van der Waals surface area contributed by atoms with E-state index in [4.69, 9.17) is 9.97 Å². The van der Waals surface area contributed by atoms with Gasteiger partial charge in [-0.2, -0.15) is 0 Å². The van der Waals surface area contributed by atoms with Crippen LogP contribution in [0.5, 0.6) is 0 Å². The van der Waals surface area contributed by atoms with Crippen molar-refractivity contribution in [3.8, 4) is 67.3 Å². The van der Waals surface area contributed by atoms with Gasteiger partial charge in [-0.1, -0.05) is 159 Å². The lowest BCUT2D eigenvalue weighted by Crippen LogP contribution is -2.14. The van der Waals surface area contributed by atoms with Gasteiger partial charge in [0, 0.05) is 22.1 Å². The fourth-order valence-corrected chi connectivity index (χ4v) is 7.48. The van der Waals surface area contributed by atoms with Crippen molar-refractivity contribution in [1.82, 2.24) is 9.97 Å². The molecule has 1 aromatic heterocycles. The van der Waals surface area contributed by atoms with Crippen LogP contribution in [0, 0.1) is 0 Å². The van der Waals surface area contributed by atoms with Crippen molar-refractivity contribution in [2.45, 2.75) is 19.3 Å². The molecule has 0 aliphatic heterocycles. The summed E-state index contributed by atoms with van der Waals surface area (Å²) in [6.07, 6.45) is 0. The van der Waals surface area contributed by atoms with Gasteiger partial charge in [0.05, 0.1) is 11.4 Å². The SMILES string of the molecule is CC1(C)c2cc3ccccc3cc2-c2c(-c3ccc(-c4cccc(-c5nc(-c6ccccc6)cc(-c6ccccc6)n5)c4)cc3)cccc21. The van der Waals surface area contributed by atoms with Crippen LogP contribution in [-0.2, 0) is 5.41 Å². The van der Waals surface area contributed by atoms with Crippen LogP contribution in [0.2, 0.25) is 0 Å². The smallest absolute Gasteiger partial charge is 0.160 e. The first-order chi connectivity index (χ1) is 24.0. The standard InChI is InChI=1S/C47H34N2/c1-47(2)41-22-12-21-39(45(41)40-28-36-17-9-10-18-37(36)29-42(40)47)32-25-23-31(24-26-32)35-19-11-20-38(27-35)46-48-43(33-13-5-3-6-14-33)30-44(49-46)34-15-7-4-8-16-34/h3-30H,1-2H3. The summed E-state index contributed by atoms with van der Waals surface area (Å²) >= 11 is 0. The van der Waals surface area contributed by atoms with Gasteiger partial charge in [-0.15, -0.1) is 0 Å². The number of hydrogen-bond donors (Lipinski definition) is 0. The fraction of sp³-hybridized carbons (Fsp3) is 0.0638. The summed E-state index contributed by atoms with van der Waals surface area (Å²) in [4.78, 5) is 10.1. The minimum atomic E-state index is -0.0641. The van der Waals surface area contributed by atoms with Crippen LogP contribution in [-0.4, -0.2) is 9.97 Å². The molecule has 7 aromatic carbocycles. The third-order valence-electron chi connectivity index (χ3n) is 10.1. The minimum absolute atomic E-state index is 0.0641. The van der Waals surface area contributed by atoms with Crippen LogP contribution < -0.4 is 0 Å². The van der Waals surface area contributed by atoms with Crippen LogP contribution >= 0.6 is 0 Å². The minimum Gasteiger partial charge on any atom is -0.228 e. The van der Waals surface area contributed by atoms with Crippen molar-refractivity contribution in [3.05, 3.63) is 181 Å². The zero-order valence-electron chi connectivity index (χ0n) is 27.6. The molecule has 0 bridgehead atoms. The van der Waals surface area contributed by atoms with Gasteiger partial charge in [-0.05, 0) is 79.5 Å². The van der Waals surface area contributed by atoms with Crippen LogP contribution in [0.15, 0.2) is 170 Å². The molecule has 2 nitrogen and oxygen atoms in total. The average Bonchev–Trinajstić information content (AvgIpc) is 3.39. The molecular weight excluding hydrogens is 593 g/mol. The predicted molar refractivity (Wildman–Crippen MR) is 204 cm³/mol. The second-order valence-corrected chi connectivity index (χ2v) is 13.5. The first-order valence-corrected chi connectivity index (χ1v) is 16.9. The van der Waals surface area contributed by atoms with Crippen molar-refractivity contribution in [2.24, 2.45) is 0 Å². The highest BCUT2D eigenvalue weighted by molar-refractivity contribution is 5.98. The number of hydrogen-bond acceptors (Lipinski definition) is 2. The van der Waals surface area contributed by atoms with Crippen molar-refractivity contribution in [3.63, 3.8) is 0 Å². The normalized spacial score (nSPS) is 12.9. The molecule has 0 radical (unpaired) electrons.